The predicted octanol–water partition coefficient (Wildman–Crippen LogP) is 2.13. The number of amides is 3. The summed E-state index contributed by atoms with van der Waals surface area (Å²) < 4.78 is 0. The lowest BCUT2D eigenvalue weighted by molar-refractivity contribution is -0.117. The Labute approximate surface area is 153 Å². The van der Waals surface area contributed by atoms with Gasteiger partial charge in [0, 0.05) is 42.0 Å². The SMILES string of the molecule is CC(C)NC(=O)Nc1nc2c(s1)CN(CC(=O)Nc1nccs1)CC2. The maximum absolute atomic E-state index is 12.1. The zero-order chi connectivity index (χ0) is 17.8. The van der Waals surface area contributed by atoms with Crippen molar-refractivity contribution in [3.05, 3.63) is 22.1 Å². The van der Waals surface area contributed by atoms with E-state index in [0.29, 0.717) is 23.4 Å². The first-order valence-corrected chi connectivity index (χ1v) is 9.67. The van der Waals surface area contributed by atoms with Crippen LogP contribution in [0.4, 0.5) is 15.1 Å². The summed E-state index contributed by atoms with van der Waals surface area (Å²) in [5.41, 5.74) is 1.00. The number of carbonyl (C=O) groups excluding carboxylic acids is 2. The molecule has 2 aromatic heterocycles. The van der Waals surface area contributed by atoms with E-state index in [9.17, 15) is 9.59 Å². The third-order valence-electron chi connectivity index (χ3n) is 3.50. The van der Waals surface area contributed by atoms with Gasteiger partial charge in [0.2, 0.25) is 5.91 Å². The summed E-state index contributed by atoms with van der Waals surface area (Å²) in [5, 5.41) is 11.4. The van der Waals surface area contributed by atoms with Crippen molar-refractivity contribution in [2.24, 2.45) is 0 Å². The van der Waals surface area contributed by atoms with Crippen molar-refractivity contribution in [1.29, 1.82) is 0 Å². The monoisotopic (exact) mass is 380 g/mol. The van der Waals surface area contributed by atoms with Crippen molar-refractivity contribution >= 4 is 44.9 Å². The number of rotatable bonds is 5. The van der Waals surface area contributed by atoms with E-state index in [2.05, 4.69) is 30.8 Å². The zero-order valence-electron chi connectivity index (χ0n) is 14.0. The molecule has 0 bridgehead atoms. The van der Waals surface area contributed by atoms with Gasteiger partial charge in [0.15, 0.2) is 10.3 Å². The average molecular weight is 380 g/mol. The van der Waals surface area contributed by atoms with E-state index in [1.54, 1.807) is 6.20 Å². The lowest BCUT2D eigenvalue weighted by atomic mass is 10.2. The fourth-order valence-electron chi connectivity index (χ4n) is 2.48. The quantitative estimate of drug-likeness (QED) is 0.738. The van der Waals surface area contributed by atoms with Crippen molar-refractivity contribution < 1.29 is 9.59 Å². The molecule has 0 fully saturated rings. The molecule has 0 radical (unpaired) electrons. The zero-order valence-corrected chi connectivity index (χ0v) is 15.7. The molecule has 8 nitrogen and oxygen atoms in total. The Kier molecular flexibility index (Phi) is 5.61. The van der Waals surface area contributed by atoms with Crippen molar-refractivity contribution in [2.75, 3.05) is 23.7 Å². The molecule has 1 aliphatic heterocycles. The third kappa shape index (κ3) is 4.97. The first-order chi connectivity index (χ1) is 12.0. The van der Waals surface area contributed by atoms with Gasteiger partial charge in [-0.05, 0) is 13.8 Å². The van der Waals surface area contributed by atoms with E-state index >= 15 is 0 Å². The Balaban J connectivity index is 1.54. The van der Waals surface area contributed by atoms with Crippen LogP contribution in [-0.2, 0) is 17.8 Å². The number of anilines is 2. The number of carbonyl (C=O) groups is 2. The molecule has 3 rings (SSSR count). The molecule has 0 atom stereocenters. The van der Waals surface area contributed by atoms with E-state index in [0.717, 1.165) is 23.5 Å². The number of thiazole rings is 2. The van der Waals surface area contributed by atoms with E-state index < -0.39 is 0 Å². The fraction of sp³-hybridized carbons (Fsp3) is 0.467. The number of nitrogens with zero attached hydrogens (tertiary/aromatic N) is 3. The van der Waals surface area contributed by atoms with Gasteiger partial charge in [-0.2, -0.15) is 0 Å². The molecule has 0 saturated carbocycles. The molecule has 0 spiro atoms. The standard InChI is InChI=1S/C15H20N6O2S2/c1-9(2)17-13(23)20-15-18-10-3-5-21(7-11(10)25-15)8-12(22)19-14-16-4-6-24-14/h4,6,9H,3,5,7-8H2,1-2H3,(H,16,19,22)(H2,17,18,20,23). The molecule has 0 saturated heterocycles. The normalized spacial score (nSPS) is 14.2. The van der Waals surface area contributed by atoms with Gasteiger partial charge in [0.25, 0.3) is 0 Å². The van der Waals surface area contributed by atoms with E-state index in [-0.39, 0.29) is 18.0 Å². The summed E-state index contributed by atoms with van der Waals surface area (Å²) in [6, 6.07) is -0.179. The van der Waals surface area contributed by atoms with Crippen LogP contribution in [-0.4, -0.2) is 45.9 Å². The minimum atomic E-state index is -0.249. The number of hydrogen-bond donors (Lipinski definition) is 3. The summed E-state index contributed by atoms with van der Waals surface area (Å²) in [4.78, 5) is 35.5. The number of hydrogen-bond acceptors (Lipinski definition) is 7. The van der Waals surface area contributed by atoms with Gasteiger partial charge in [-0.1, -0.05) is 0 Å². The number of fused-ring (bicyclic) bond motifs is 1. The van der Waals surface area contributed by atoms with Gasteiger partial charge in [0.05, 0.1) is 12.2 Å². The summed E-state index contributed by atoms with van der Waals surface area (Å²) >= 11 is 2.86. The maximum atomic E-state index is 12.1. The van der Waals surface area contributed by atoms with Crippen LogP contribution in [0, 0.1) is 0 Å². The first kappa shape index (κ1) is 17.8. The van der Waals surface area contributed by atoms with Crippen molar-refractivity contribution in [2.45, 2.75) is 32.9 Å². The molecule has 3 heterocycles. The highest BCUT2D eigenvalue weighted by Crippen LogP contribution is 2.28. The Morgan fingerprint density at radius 3 is 2.88 bits per heavy atom. The largest absolute Gasteiger partial charge is 0.336 e. The Bertz CT molecular complexity index is 743. The predicted molar refractivity (Wildman–Crippen MR) is 99.1 cm³/mol. The molecule has 25 heavy (non-hydrogen) atoms. The highest BCUT2D eigenvalue weighted by atomic mass is 32.1. The van der Waals surface area contributed by atoms with Gasteiger partial charge >= 0.3 is 6.03 Å². The molecule has 2 aromatic rings. The van der Waals surface area contributed by atoms with Crippen LogP contribution in [0.1, 0.15) is 24.4 Å². The molecule has 3 amide bonds. The molecule has 0 aliphatic carbocycles. The topological polar surface area (TPSA) is 99.3 Å². The molecule has 10 heteroatoms. The number of nitrogens with one attached hydrogen (secondary N) is 3. The van der Waals surface area contributed by atoms with Crippen LogP contribution in [0.15, 0.2) is 11.6 Å². The Hall–Kier alpha value is -2.04. The molecule has 3 N–H and O–H groups in total. The van der Waals surface area contributed by atoms with Gasteiger partial charge in [0.1, 0.15) is 0 Å². The summed E-state index contributed by atoms with van der Waals surface area (Å²) in [6.07, 6.45) is 2.43. The highest BCUT2D eigenvalue weighted by Gasteiger charge is 2.23. The van der Waals surface area contributed by atoms with Crippen molar-refractivity contribution in [3.8, 4) is 0 Å². The molecular weight excluding hydrogens is 360 g/mol. The first-order valence-electron chi connectivity index (χ1n) is 7.97. The molecule has 1 aliphatic rings. The second kappa shape index (κ2) is 7.89. The van der Waals surface area contributed by atoms with Gasteiger partial charge in [-0.15, -0.1) is 22.7 Å². The minimum Gasteiger partial charge on any atom is -0.336 e. The number of urea groups is 1. The van der Waals surface area contributed by atoms with Crippen LogP contribution >= 0.6 is 22.7 Å². The smallest absolute Gasteiger partial charge is 0.321 e. The third-order valence-corrected chi connectivity index (χ3v) is 5.18. The van der Waals surface area contributed by atoms with Crippen LogP contribution < -0.4 is 16.0 Å². The Morgan fingerprint density at radius 1 is 1.32 bits per heavy atom. The molecule has 134 valence electrons. The summed E-state index contributed by atoms with van der Waals surface area (Å²) in [6.45, 7) is 5.54. The second-order valence-electron chi connectivity index (χ2n) is 5.99. The Morgan fingerprint density at radius 2 is 2.16 bits per heavy atom. The fourth-order valence-corrected chi connectivity index (χ4v) is 4.07. The minimum absolute atomic E-state index is 0.0708. The lowest BCUT2D eigenvalue weighted by Crippen LogP contribution is -2.36. The summed E-state index contributed by atoms with van der Waals surface area (Å²) in [5.74, 6) is -0.0717. The number of aromatic nitrogens is 2. The molecule has 0 unspecified atom stereocenters. The maximum Gasteiger partial charge on any atom is 0.321 e. The van der Waals surface area contributed by atoms with Crippen LogP contribution in [0.2, 0.25) is 0 Å². The van der Waals surface area contributed by atoms with E-state index in [1.165, 1.54) is 22.7 Å². The van der Waals surface area contributed by atoms with Gasteiger partial charge < -0.3 is 10.6 Å². The molecule has 0 aromatic carbocycles. The van der Waals surface area contributed by atoms with Gasteiger partial charge in [-0.3, -0.25) is 15.0 Å². The summed E-state index contributed by atoms with van der Waals surface area (Å²) in [7, 11) is 0. The van der Waals surface area contributed by atoms with E-state index in [4.69, 9.17) is 0 Å². The highest BCUT2D eigenvalue weighted by molar-refractivity contribution is 7.15. The van der Waals surface area contributed by atoms with Crippen LogP contribution in [0.5, 0.6) is 0 Å². The average Bonchev–Trinajstić information content (AvgIpc) is 3.14. The van der Waals surface area contributed by atoms with Crippen molar-refractivity contribution in [3.63, 3.8) is 0 Å². The van der Waals surface area contributed by atoms with Crippen LogP contribution in [0.3, 0.4) is 0 Å². The second-order valence-corrected chi connectivity index (χ2v) is 7.97. The van der Waals surface area contributed by atoms with Crippen molar-refractivity contribution in [1.82, 2.24) is 20.2 Å². The lowest BCUT2D eigenvalue weighted by Gasteiger charge is -2.24. The van der Waals surface area contributed by atoms with Crippen LogP contribution in [0.25, 0.3) is 0 Å². The van der Waals surface area contributed by atoms with E-state index in [1.807, 2.05) is 19.2 Å². The molecular formula is C15H20N6O2S2. The van der Waals surface area contributed by atoms with Gasteiger partial charge in [-0.25, -0.2) is 14.8 Å².